The van der Waals surface area contributed by atoms with Gasteiger partial charge in [-0.2, -0.15) is 0 Å². The molecule has 0 fully saturated rings. The van der Waals surface area contributed by atoms with Gasteiger partial charge in [-0.05, 0) is 0 Å². The molecule has 4 aliphatic heterocycles. The average molecular weight is 847 g/mol. The van der Waals surface area contributed by atoms with Gasteiger partial charge in [0.25, 0.3) is 0 Å². The summed E-state index contributed by atoms with van der Waals surface area (Å²) in [6.45, 7) is 0.347. The summed E-state index contributed by atoms with van der Waals surface area (Å²) in [5, 5.41) is 9.45. The van der Waals surface area contributed by atoms with Crippen LogP contribution in [0.1, 0.15) is 44.5 Å². The topological polar surface area (TPSA) is 124 Å². The Morgan fingerprint density at radius 1 is 0.467 bits per heavy atom. The number of fused-ring (bicyclic) bond motifs is 17. The fourth-order valence-corrected chi connectivity index (χ4v) is 9.82. The third kappa shape index (κ3) is 5.71. The second-order valence-electron chi connectivity index (χ2n) is 14.9. The molecule has 0 saturated carbocycles. The summed E-state index contributed by atoms with van der Waals surface area (Å²) in [5.41, 5.74) is 6.47. The number of aliphatic imine (C=N–C) groups is 6. The van der Waals surface area contributed by atoms with Crippen molar-refractivity contribution < 1.29 is 30.9 Å². The zero-order valence-electron chi connectivity index (χ0n) is 31.6. The Hall–Kier alpha value is -6.82. The van der Waals surface area contributed by atoms with Crippen molar-refractivity contribution in [3.05, 3.63) is 190 Å². The maximum atomic E-state index is 12.9. The van der Waals surface area contributed by atoms with E-state index in [9.17, 15) is 8.76 Å². The Morgan fingerprint density at radius 2 is 0.817 bits per heavy atom. The number of rotatable bonds is 2. The first-order chi connectivity index (χ1) is 29.4. The van der Waals surface area contributed by atoms with E-state index in [-0.39, 0.29) is 11.7 Å². The van der Waals surface area contributed by atoms with Crippen LogP contribution in [0, 0.1) is 0 Å². The zero-order valence-corrected chi connectivity index (χ0v) is 35.4. The number of hydroxylamine groups is 2. The number of amidine groups is 6. The van der Waals surface area contributed by atoms with Gasteiger partial charge in [-0.3, -0.25) is 0 Å². The van der Waals surface area contributed by atoms with Gasteiger partial charge in [-0.1, -0.05) is 6.07 Å². The van der Waals surface area contributed by atoms with Crippen LogP contribution >= 0.6 is 0 Å². The van der Waals surface area contributed by atoms with Crippen LogP contribution in [0.5, 0.6) is 0 Å². The van der Waals surface area contributed by atoms with Gasteiger partial charge in [0.2, 0.25) is 0 Å². The van der Waals surface area contributed by atoms with Crippen molar-refractivity contribution in [1.29, 1.82) is 0 Å². The van der Waals surface area contributed by atoms with Gasteiger partial charge in [0, 0.05) is 0 Å². The minimum atomic E-state index is -2.77. The van der Waals surface area contributed by atoms with Crippen LogP contribution in [0.4, 0.5) is 0 Å². The van der Waals surface area contributed by atoms with Crippen LogP contribution < -0.4 is 0 Å². The van der Waals surface area contributed by atoms with Crippen molar-refractivity contribution in [3.63, 3.8) is 0 Å². The molecule has 60 heavy (non-hydrogen) atoms. The molecule has 1 atom stereocenters. The molecule has 280 valence electrons. The summed E-state index contributed by atoms with van der Waals surface area (Å²) in [6.07, 6.45) is 0. The Balaban J connectivity index is 1.17. The van der Waals surface area contributed by atoms with E-state index in [4.69, 9.17) is 34.2 Å². The number of hydrogen-bond donors (Lipinski definition) is 1. The van der Waals surface area contributed by atoms with Gasteiger partial charge in [0.05, 0.1) is 0 Å². The van der Waals surface area contributed by atoms with Crippen LogP contribution in [0.15, 0.2) is 176 Å². The van der Waals surface area contributed by atoms with Crippen molar-refractivity contribution >= 4 is 93.7 Å². The molecular weight excluding hydrogens is 820 g/mol. The van der Waals surface area contributed by atoms with E-state index in [1.54, 1.807) is 0 Å². The van der Waals surface area contributed by atoms with Crippen molar-refractivity contribution in [1.82, 2.24) is 5.06 Å². The van der Waals surface area contributed by atoms with Crippen molar-refractivity contribution in [2.75, 3.05) is 0 Å². The summed E-state index contributed by atoms with van der Waals surface area (Å²) in [7, 11) is 0. The first-order valence-corrected chi connectivity index (χ1v) is 21.8. The molecular formula is C48H27N7O3SZn. The number of nitrogens with zero attached hydrogens (tertiary/aromatic N) is 7. The van der Waals surface area contributed by atoms with Crippen LogP contribution in [0.25, 0.3) is 43.1 Å². The van der Waals surface area contributed by atoms with E-state index in [1.165, 1.54) is 5.06 Å². The van der Waals surface area contributed by atoms with Gasteiger partial charge >= 0.3 is 350 Å². The molecule has 8 aromatic rings. The fourth-order valence-electron chi connectivity index (χ4n) is 8.55. The average Bonchev–Trinajstić information content (AvgIpc) is 3.91. The summed E-state index contributed by atoms with van der Waals surface area (Å²) >= 11 is -2.06. The molecule has 1 unspecified atom stereocenters. The van der Waals surface area contributed by atoms with Gasteiger partial charge in [-0.15, -0.1) is 0 Å². The summed E-state index contributed by atoms with van der Waals surface area (Å²) in [5.74, 6) is 2.38. The fraction of sp³-hybridized carbons (Fsp3) is 0.0208. The van der Waals surface area contributed by atoms with Gasteiger partial charge in [0.1, 0.15) is 0 Å². The molecule has 8 aromatic carbocycles. The molecule has 1 N–H and O–H groups in total. The Morgan fingerprint density at radius 3 is 1.28 bits per heavy atom. The van der Waals surface area contributed by atoms with E-state index in [2.05, 4.69) is 60.7 Å². The van der Waals surface area contributed by atoms with Gasteiger partial charge in [0.15, 0.2) is 0 Å². The quantitative estimate of drug-likeness (QED) is 0.138. The van der Waals surface area contributed by atoms with Crippen molar-refractivity contribution in [2.24, 2.45) is 30.0 Å². The van der Waals surface area contributed by atoms with Crippen LogP contribution in [0.2, 0.25) is 0 Å². The summed E-state index contributed by atoms with van der Waals surface area (Å²) in [4.78, 5) is 31.1. The Kier molecular flexibility index (Phi) is 7.98. The van der Waals surface area contributed by atoms with Crippen LogP contribution in [0.3, 0.4) is 0 Å². The third-order valence-electron chi connectivity index (χ3n) is 11.4. The normalized spacial score (nSPS) is 16.1. The van der Waals surface area contributed by atoms with E-state index in [0.717, 1.165) is 75.1 Å². The monoisotopic (exact) mass is 845 g/mol. The van der Waals surface area contributed by atoms with Crippen molar-refractivity contribution in [2.45, 2.75) is 6.54 Å². The second-order valence-corrected chi connectivity index (χ2v) is 16.9. The molecule has 10 nitrogen and oxygen atoms in total. The van der Waals surface area contributed by atoms with Crippen LogP contribution in [-0.4, -0.2) is 53.1 Å². The van der Waals surface area contributed by atoms with E-state index in [0.29, 0.717) is 64.4 Å². The molecule has 6 bridgehead atoms. The predicted octanol–water partition coefficient (Wildman–Crippen LogP) is 8.83. The third-order valence-corrected chi connectivity index (χ3v) is 12.8. The predicted molar refractivity (Wildman–Crippen MR) is 237 cm³/mol. The molecule has 12 heteroatoms. The minimum absolute atomic E-state index is 0.248. The van der Waals surface area contributed by atoms with Crippen molar-refractivity contribution in [3.8, 4) is 0 Å². The summed E-state index contributed by atoms with van der Waals surface area (Å²) < 4.78 is 30.0. The molecule has 0 amide bonds. The first-order valence-electron chi connectivity index (χ1n) is 19.3. The molecule has 0 aromatic heterocycles. The first kappa shape index (κ1) is 35.2. The molecule has 0 aliphatic carbocycles. The van der Waals surface area contributed by atoms with Gasteiger partial charge < -0.3 is 0 Å². The molecule has 4 aliphatic rings. The zero-order chi connectivity index (χ0) is 40.1. The standard InChI is InChI=1S/C48H27N7O3S.Zn/c56-59(57)58-55-47-41-23-33-15-7-5-13-31(33)21-39(41)44(53-47)50-26-36-18-28-10-2-1-9-27(28)17-35(36)25-49-43-37-19-29-11-3-4-12-30(29)20-38(37)45(51-43)52-46-40-22-32-14-6-8-16-34(32)24-42(40)48(55)54-46;/h1-24H,25H2,(H,56,57);. The molecule has 0 spiro atoms. The molecule has 4 heterocycles. The molecule has 0 saturated heterocycles. The van der Waals surface area contributed by atoms with Crippen LogP contribution in [-0.2, 0) is 40.0 Å². The Labute approximate surface area is 354 Å². The van der Waals surface area contributed by atoms with Gasteiger partial charge in [-0.25, -0.2) is 0 Å². The number of benzene rings is 8. The second kappa shape index (κ2) is 13.6. The number of hydrogen-bond acceptors (Lipinski definition) is 9. The SMILES string of the molecule is O=S(O)ON1C2=NC(=N[C](=[Zn])c3cc4ccccc4cc3CN=C3N=C(N=C4N=C1c1cc5ccccc5cc14)c1cc4ccccc4cc13)c1cc3ccccc3cc12. The molecule has 0 radical (unpaired) electrons. The Bertz CT molecular complexity index is 3520. The van der Waals surface area contributed by atoms with E-state index >= 15 is 0 Å². The van der Waals surface area contributed by atoms with E-state index in [1.807, 2.05) is 84.9 Å². The molecule has 12 rings (SSSR count). The maximum absolute atomic E-state index is 12.9. The summed E-state index contributed by atoms with van der Waals surface area (Å²) in [6, 6.07) is 49.3. The van der Waals surface area contributed by atoms with E-state index < -0.39 is 11.4 Å².